The first-order valence-electron chi connectivity index (χ1n) is 8.94. The zero-order chi connectivity index (χ0) is 17.4. The number of hydrogen-bond donors (Lipinski definition) is 0. The second kappa shape index (κ2) is 6.75. The third kappa shape index (κ3) is 3.23. The number of benzene rings is 1. The Kier molecular flexibility index (Phi) is 4.61. The highest BCUT2D eigenvalue weighted by atomic mass is 32.2. The summed E-state index contributed by atoms with van der Waals surface area (Å²) in [5.41, 5.74) is 0. The quantitative estimate of drug-likeness (QED) is 0.771. The monoisotopic (exact) mass is 367 g/mol. The Labute approximate surface area is 149 Å². The SMILES string of the molecule is CCN1CCN(C2CN(S(=O)(=O)c3ccc4c(c3)OCCO4)C2)CC1. The van der Waals surface area contributed by atoms with E-state index in [-0.39, 0.29) is 4.90 Å². The molecule has 25 heavy (non-hydrogen) atoms. The number of fused-ring (bicyclic) bond motifs is 1. The number of sulfonamides is 1. The zero-order valence-electron chi connectivity index (χ0n) is 14.6. The van der Waals surface area contributed by atoms with Gasteiger partial charge in [0.15, 0.2) is 11.5 Å². The third-order valence-electron chi connectivity index (χ3n) is 5.35. The molecule has 0 saturated carbocycles. The fourth-order valence-electron chi connectivity index (χ4n) is 3.62. The molecule has 3 aliphatic heterocycles. The minimum absolute atomic E-state index is 0.283. The lowest BCUT2D eigenvalue weighted by Crippen LogP contribution is -2.64. The maximum absolute atomic E-state index is 12.8. The second-order valence-electron chi connectivity index (χ2n) is 6.75. The van der Waals surface area contributed by atoms with Crippen molar-refractivity contribution in [2.24, 2.45) is 0 Å². The summed E-state index contributed by atoms with van der Waals surface area (Å²) >= 11 is 0. The van der Waals surface area contributed by atoms with E-state index in [9.17, 15) is 8.42 Å². The number of ether oxygens (including phenoxy) is 2. The summed E-state index contributed by atoms with van der Waals surface area (Å²) in [6, 6.07) is 5.21. The number of nitrogens with zero attached hydrogens (tertiary/aromatic N) is 3. The molecule has 2 fully saturated rings. The molecule has 3 heterocycles. The molecular formula is C17H25N3O4S. The van der Waals surface area contributed by atoms with Crippen molar-refractivity contribution < 1.29 is 17.9 Å². The van der Waals surface area contributed by atoms with Crippen LogP contribution >= 0.6 is 0 Å². The molecule has 8 heteroatoms. The van der Waals surface area contributed by atoms with Gasteiger partial charge in [0.2, 0.25) is 10.0 Å². The first kappa shape index (κ1) is 17.1. The molecule has 3 aliphatic rings. The van der Waals surface area contributed by atoms with Crippen LogP contribution in [0.25, 0.3) is 0 Å². The van der Waals surface area contributed by atoms with Crippen LogP contribution in [-0.4, -0.2) is 87.6 Å². The van der Waals surface area contributed by atoms with E-state index in [1.807, 2.05) is 0 Å². The van der Waals surface area contributed by atoms with Crippen molar-refractivity contribution in [3.8, 4) is 11.5 Å². The summed E-state index contributed by atoms with van der Waals surface area (Å²) in [6.07, 6.45) is 0. The van der Waals surface area contributed by atoms with Crippen LogP contribution in [0.15, 0.2) is 23.1 Å². The molecule has 0 radical (unpaired) electrons. The molecular weight excluding hydrogens is 342 g/mol. The van der Waals surface area contributed by atoms with Crippen molar-refractivity contribution in [1.82, 2.24) is 14.1 Å². The van der Waals surface area contributed by atoms with Crippen LogP contribution in [-0.2, 0) is 10.0 Å². The van der Waals surface area contributed by atoms with Crippen molar-refractivity contribution in [1.29, 1.82) is 0 Å². The fourth-order valence-corrected chi connectivity index (χ4v) is 5.15. The number of rotatable bonds is 4. The molecule has 7 nitrogen and oxygen atoms in total. The molecule has 2 saturated heterocycles. The van der Waals surface area contributed by atoms with E-state index in [0.717, 1.165) is 32.7 Å². The smallest absolute Gasteiger partial charge is 0.243 e. The Bertz CT molecular complexity index is 725. The molecule has 0 aliphatic carbocycles. The van der Waals surface area contributed by atoms with E-state index >= 15 is 0 Å². The summed E-state index contributed by atoms with van der Waals surface area (Å²) in [5.74, 6) is 1.13. The summed E-state index contributed by atoms with van der Waals surface area (Å²) in [7, 11) is -3.46. The van der Waals surface area contributed by atoms with Gasteiger partial charge in [-0.2, -0.15) is 4.31 Å². The Morgan fingerprint density at radius 2 is 1.72 bits per heavy atom. The molecule has 0 spiro atoms. The van der Waals surface area contributed by atoms with E-state index < -0.39 is 10.0 Å². The molecule has 4 rings (SSSR count). The Morgan fingerprint density at radius 1 is 1.04 bits per heavy atom. The highest BCUT2D eigenvalue weighted by Gasteiger charge is 2.40. The van der Waals surface area contributed by atoms with E-state index in [0.29, 0.717) is 43.8 Å². The van der Waals surface area contributed by atoms with E-state index in [2.05, 4.69) is 16.7 Å². The van der Waals surface area contributed by atoms with Gasteiger partial charge in [0.1, 0.15) is 13.2 Å². The van der Waals surface area contributed by atoms with E-state index in [4.69, 9.17) is 9.47 Å². The first-order valence-corrected chi connectivity index (χ1v) is 10.4. The maximum Gasteiger partial charge on any atom is 0.243 e. The fraction of sp³-hybridized carbons (Fsp3) is 0.647. The van der Waals surface area contributed by atoms with Gasteiger partial charge in [-0.05, 0) is 18.7 Å². The highest BCUT2D eigenvalue weighted by Crippen LogP contribution is 2.34. The molecule has 0 amide bonds. The molecule has 0 N–H and O–H groups in total. The lowest BCUT2D eigenvalue weighted by atomic mass is 10.1. The van der Waals surface area contributed by atoms with Gasteiger partial charge in [0, 0.05) is 51.4 Å². The van der Waals surface area contributed by atoms with Crippen LogP contribution in [0.2, 0.25) is 0 Å². The van der Waals surface area contributed by atoms with Crippen molar-refractivity contribution in [3.05, 3.63) is 18.2 Å². The van der Waals surface area contributed by atoms with Crippen LogP contribution in [0.3, 0.4) is 0 Å². The van der Waals surface area contributed by atoms with Crippen LogP contribution in [0.5, 0.6) is 11.5 Å². The first-order chi connectivity index (χ1) is 12.1. The lowest BCUT2D eigenvalue weighted by molar-refractivity contribution is 0.0425. The number of piperazine rings is 1. The van der Waals surface area contributed by atoms with Gasteiger partial charge in [-0.25, -0.2) is 8.42 Å². The highest BCUT2D eigenvalue weighted by molar-refractivity contribution is 7.89. The molecule has 1 aromatic rings. The molecule has 0 atom stereocenters. The third-order valence-corrected chi connectivity index (χ3v) is 7.18. The predicted molar refractivity (Wildman–Crippen MR) is 93.7 cm³/mol. The minimum atomic E-state index is -3.46. The maximum atomic E-state index is 12.8. The summed E-state index contributed by atoms with van der Waals surface area (Å²) in [6.45, 7) is 9.55. The average Bonchev–Trinajstić information content (AvgIpc) is 2.60. The number of likely N-dealkylation sites (N-methyl/N-ethyl adjacent to an activating group) is 1. The molecule has 0 bridgehead atoms. The average molecular weight is 367 g/mol. The van der Waals surface area contributed by atoms with Gasteiger partial charge >= 0.3 is 0 Å². The van der Waals surface area contributed by atoms with Gasteiger partial charge in [0.05, 0.1) is 4.90 Å². The van der Waals surface area contributed by atoms with Crippen LogP contribution < -0.4 is 9.47 Å². The summed E-state index contributed by atoms with van der Waals surface area (Å²) < 4.78 is 38.2. The molecule has 0 aromatic heterocycles. The van der Waals surface area contributed by atoms with Gasteiger partial charge in [-0.15, -0.1) is 0 Å². The summed E-state index contributed by atoms with van der Waals surface area (Å²) in [4.78, 5) is 5.13. The lowest BCUT2D eigenvalue weighted by Gasteiger charge is -2.47. The minimum Gasteiger partial charge on any atom is -0.486 e. The van der Waals surface area contributed by atoms with Crippen LogP contribution in [0.1, 0.15) is 6.92 Å². The van der Waals surface area contributed by atoms with Crippen molar-refractivity contribution >= 4 is 10.0 Å². The van der Waals surface area contributed by atoms with Crippen molar-refractivity contribution in [2.45, 2.75) is 17.9 Å². The molecule has 1 aromatic carbocycles. The normalized spacial score (nSPS) is 23.4. The molecule has 138 valence electrons. The Hall–Kier alpha value is -1.35. The summed E-state index contributed by atoms with van der Waals surface area (Å²) in [5, 5.41) is 0. The second-order valence-corrected chi connectivity index (χ2v) is 8.69. The van der Waals surface area contributed by atoms with Gasteiger partial charge < -0.3 is 14.4 Å². The Balaban J connectivity index is 1.40. The largest absolute Gasteiger partial charge is 0.486 e. The van der Waals surface area contributed by atoms with Crippen molar-refractivity contribution in [3.63, 3.8) is 0 Å². The van der Waals surface area contributed by atoms with E-state index in [1.165, 1.54) is 0 Å². The van der Waals surface area contributed by atoms with Crippen molar-refractivity contribution in [2.75, 3.05) is 59.0 Å². The van der Waals surface area contributed by atoms with Crippen LogP contribution in [0.4, 0.5) is 0 Å². The van der Waals surface area contributed by atoms with Gasteiger partial charge in [-0.1, -0.05) is 6.92 Å². The number of hydrogen-bond acceptors (Lipinski definition) is 6. The van der Waals surface area contributed by atoms with E-state index in [1.54, 1.807) is 22.5 Å². The van der Waals surface area contributed by atoms with Gasteiger partial charge in [0.25, 0.3) is 0 Å². The Morgan fingerprint density at radius 3 is 2.40 bits per heavy atom. The van der Waals surface area contributed by atoms with Gasteiger partial charge in [-0.3, -0.25) is 4.90 Å². The van der Waals surface area contributed by atoms with Crippen LogP contribution in [0, 0.1) is 0 Å². The zero-order valence-corrected chi connectivity index (χ0v) is 15.4. The molecule has 0 unspecified atom stereocenters. The topological polar surface area (TPSA) is 62.3 Å². The predicted octanol–water partition coefficient (Wildman–Crippen LogP) is 0.468. The standard InChI is InChI=1S/C17H25N3O4S/c1-2-18-5-7-19(8-6-18)14-12-20(13-14)25(21,22)15-3-4-16-17(11-15)24-10-9-23-16/h3-4,11,14H,2,5-10,12-13H2,1H3.